The lowest BCUT2D eigenvalue weighted by molar-refractivity contribution is -0.138. The summed E-state index contributed by atoms with van der Waals surface area (Å²) in [5, 5.41) is 2.63. The summed E-state index contributed by atoms with van der Waals surface area (Å²) in [4.78, 5) is 35.1. The van der Waals surface area contributed by atoms with Crippen molar-refractivity contribution in [3.05, 3.63) is 18.0 Å². The number of aromatic nitrogens is 2. The molecule has 8 nitrogen and oxygen atoms in total. The van der Waals surface area contributed by atoms with E-state index in [1.807, 2.05) is 0 Å². The van der Waals surface area contributed by atoms with Gasteiger partial charge in [-0.3, -0.25) is 4.79 Å². The van der Waals surface area contributed by atoms with Gasteiger partial charge < -0.3 is 19.9 Å². The second kappa shape index (κ2) is 8.83. The first kappa shape index (κ1) is 22.7. The van der Waals surface area contributed by atoms with Gasteiger partial charge >= 0.3 is 12.3 Å². The van der Waals surface area contributed by atoms with E-state index < -0.39 is 29.5 Å². The molecule has 1 fully saturated rings. The summed E-state index contributed by atoms with van der Waals surface area (Å²) < 4.78 is 42.9. The number of alkyl carbamates (subject to hydrolysis) is 1. The van der Waals surface area contributed by atoms with Crippen LogP contribution in [0.4, 0.5) is 23.9 Å². The van der Waals surface area contributed by atoms with Crippen molar-refractivity contribution < 1.29 is 27.5 Å². The first-order valence-corrected chi connectivity index (χ1v) is 9.26. The minimum atomic E-state index is -4.48. The van der Waals surface area contributed by atoms with Crippen molar-refractivity contribution in [1.82, 2.24) is 20.2 Å². The van der Waals surface area contributed by atoms with Crippen LogP contribution in [0.3, 0.4) is 0 Å². The molecule has 1 aliphatic rings. The van der Waals surface area contributed by atoms with Crippen LogP contribution in [0.1, 0.15) is 39.7 Å². The Hall–Kier alpha value is -2.59. The number of rotatable bonds is 4. The van der Waals surface area contributed by atoms with E-state index in [2.05, 4.69) is 15.3 Å². The van der Waals surface area contributed by atoms with Gasteiger partial charge in [0.1, 0.15) is 5.60 Å². The quantitative estimate of drug-likeness (QED) is 0.810. The molecule has 29 heavy (non-hydrogen) atoms. The highest BCUT2D eigenvalue weighted by Gasteiger charge is 2.32. The van der Waals surface area contributed by atoms with Crippen LogP contribution < -0.4 is 10.2 Å². The van der Waals surface area contributed by atoms with Crippen molar-refractivity contribution in [1.29, 1.82) is 0 Å². The molecule has 1 atom stereocenters. The van der Waals surface area contributed by atoms with E-state index >= 15 is 0 Å². The van der Waals surface area contributed by atoms with E-state index in [0.29, 0.717) is 26.2 Å². The second-order valence-corrected chi connectivity index (χ2v) is 7.89. The molecule has 2 amide bonds. The van der Waals surface area contributed by atoms with Gasteiger partial charge in [-0.05, 0) is 27.7 Å². The highest BCUT2D eigenvalue weighted by molar-refractivity contribution is 5.78. The number of alkyl halides is 3. The van der Waals surface area contributed by atoms with Crippen LogP contribution in [0.2, 0.25) is 0 Å². The molecule has 0 spiro atoms. The number of anilines is 1. The topological polar surface area (TPSA) is 87.7 Å². The summed E-state index contributed by atoms with van der Waals surface area (Å²) in [5.74, 6) is 0.0756. The van der Waals surface area contributed by atoms with Gasteiger partial charge in [0.15, 0.2) is 0 Å². The molecule has 11 heteroatoms. The Balaban J connectivity index is 1.81. The molecule has 0 radical (unpaired) electrons. The summed E-state index contributed by atoms with van der Waals surface area (Å²) in [6, 6.07) is -0.395. The first-order valence-electron chi connectivity index (χ1n) is 9.26. The van der Waals surface area contributed by atoms with E-state index in [1.54, 1.807) is 37.5 Å². The van der Waals surface area contributed by atoms with Crippen molar-refractivity contribution in [3.8, 4) is 0 Å². The summed E-state index contributed by atoms with van der Waals surface area (Å²) in [6.07, 6.45) is -3.43. The number of hydrogen-bond donors (Lipinski definition) is 1. The molecular weight excluding hydrogens is 391 g/mol. The molecule has 162 valence electrons. The molecule has 1 unspecified atom stereocenters. The number of piperazine rings is 1. The summed E-state index contributed by atoms with van der Waals surface area (Å²) in [6.45, 7) is 8.57. The largest absolute Gasteiger partial charge is 0.444 e. The monoisotopic (exact) mass is 417 g/mol. The highest BCUT2D eigenvalue weighted by atomic mass is 19.4. The van der Waals surface area contributed by atoms with Crippen LogP contribution in [0.15, 0.2) is 12.4 Å². The smallest absolute Gasteiger partial charge is 0.419 e. The minimum absolute atomic E-state index is 0.121. The average Bonchev–Trinajstić information content (AvgIpc) is 2.59. The highest BCUT2D eigenvalue weighted by Crippen LogP contribution is 2.28. The fraction of sp³-hybridized carbons (Fsp3) is 0.667. The molecule has 0 aliphatic carbocycles. The third kappa shape index (κ3) is 7.06. The normalized spacial score (nSPS) is 16.4. The number of ether oxygens (including phenoxy) is 1. The van der Waals surface area contributed by atoms with Crippen LogP contribution in [-0.2, 0) is 15.7 Å². The third-order valence-electron chi connectivity index (χ3n) is 4.12. The predicted octanol–water partition coefficient (Wildman–Crippen LogP) is 2.45. The number of amides is 2. The summed E-state index contributed by atoms with van der Waals surface area (Å²) >= 11 is 0. The van der Waals surface area contributed by atoms with Crippen molar-refractivity contribution >= 4 is 17.9 Å². The van der Waals surface area contributed by atoms with Gasteiger partial charge in [0, 0.05) is 51.0 Å². The van der Waals surface area contributed by atoms with Gasteiger partial charge in [-0.15, -0.1) is 0 Å². The number of carbonyl (C=O) groups excluding carboxylic acids is 2. The molecule has 1 aromatic rings. The number of nitrogens with zero attached hydrogens (tertiary/aromatic N) is 4. The molecular formula is C18H26F3N5O3. The maximum atomic E-state index is 12.6. The lowest BCUT2D eigenvalue weighted by atomic mass is 10.2. The van der Waals surface area contributed by atoms with Gasteiger partial charge in [-0.2, -0.15) is 13.2 Å². The Morgan fingerprint density at radius 1 is 1.14 bits per heavy atom. The van der Waals surface area contributed by atoms with E-state index in [-0.39, 0.29) is 18.3 Å². The molecule has 0 bridgehead atoms. The van der Waals surface area contributed by atoms with E-state index in [0.717, 1.165) is 12.4 Å². The van der Waals surface area contributed by atoms with E-state index in [1.165, 1.54) is 0 Å². The maximum absolute atomic E-state index is 12.6. The SMILES string of the molecule is CC(CC(=O)N1CCN(c2ncc(C(F)(F)F)cn2)CC1)NC(=O)OC(C)(C)C. The second-order valence-electron chi connectivity index (χ2n) is 7.89. The van der Waals surface area contributed by atoms with E-state index in [9.17, 15) is 22.8 Å². The van der Waals surface area contributed by atoms with Crippen LogP contribution >= 0.6 is 0 Å². The fourth-order valence-corrected chi connectivity index (χ4v) is 2.74. The Bertz CT molecular complexity index is 711. The number of nitrogens with one attached hydrogen (secondary N) is 1. The fourth-order valence-electron chi connectivity index (χ4n) is 2.74. The van der Waals surface area contributed by atoms with E-state index in [4.69, 9.17) is 4.74 Å². The minimum Gasteiger partial charge on any atom is -0.444 e. The predicted molar refractivity (Wildman–Crippen MR) is 99.3 cm³/mol. The average molecular weight is 417 g/mol. The molecule has 2 rings (SSSR count). The van der Waals surface area contributed by atoms with Gasteiger partial charge in [-0.25, -0.2) is 14.8 Å². The van der Waals surface area contributed by atoms with Crippen molar-refractivity contribution in [2.24, 2.45) is 0 Å². The molecule has 1 aliphatic heterocycles. The molecule has 0 aromatic carbocycles. The Morgan fingerprint density at radius 2 is 1.69 bits per heavy atom. The molecule has 1 N–H and O–H groups in total. The Labute approximate surface area is 167 Å². The molecule has 1 aromatic heterocycles. The van der Waals surface area contributed by atoms with Gasteiger partial charge in [0.25, 0.3) is 0 Å². The van der Waals surface area contributed by atoms with Crippen LogP contribution in [-0.4, -0.2) is 64.7 Å². The van der Waals surface area contributed by atoms with Crippen molar-refractivity contribution in [2.45, 2.75) is 51.9 Å². The van der Waals surface area contributed by atoms with Crippen LogP contribution in [0, 0.1) is 0 Å². The van der Waals surface area contributed by atoms with Crippen molar-refractivity contribution in [3.63, 3.8) is 0 Å². The Kier molecular flexibility index (Phi) is 6.91. The van der Waals surface area contributed by atoms with Crippen LogP contribution in [0.5, 0.6) is 0 Å². The Morgan fingerprint density at radius 3 is 2.17 bits per heavy atom. The lowest BCUT2D eigenvalue weighted by Gasteiger charge is -2.35. The maximum Gasteiger partial charge on any atom is 0.419 e. The molecule has 0 saturated carbocycles. The zero-order valence-electron chi connectivity index (χ0n) is 16.9. The van der Waals surface area contributed by atoms with Gasteiger partial charge in [-0.1, -0.05) is 0 Å². The zero-order chi connectivity index (χ0) is 21.8. The van der Waals surface area contributed by atoms with Gasteiger partial charge in [0.05, 0.1) is 5.56 Å². The summed E-state index contributed by atoms with van der Waals surface area (Å²) in [7, 11) is 0. The number of carbonyl (C=O) groups is 2. The van der Waals surface area contributed by atoms with Crippen molar-refractivity contribution in [2.75, 3.05) is 31.1 Å². The standard InChI is InChI=1S/C18H26F3N5O3/c1-12(24-16(28)29-17(2,3)4)9-14(27)25-5-7-26(8-6-25)15-22-10-13(11-23-15)18(19,20)21/h10-12H,5-9H2,1-4H3,(H,24,28). The first-order chi connectivity index (χ1) is 13.3. The summed E-state index contributed by atoms with van der Waals surface area (Å²) in [5.41, 5.74) is -1.52. The lowest BCUT2D eigenvalue weighted by Crippen LogP contribution is -2.50. The molecule has 2 heterocycles. The third-order valence-corrected chi connectivity index (χ3v) is 4.12. The molecule has 1 saturated heterocycles. The van der Waals surface area contributed by atoms with Crippen LogP contribution in [0.25, 0.3) is 0 Å². The number of hydrogen-bond acceptors (Lipinski definition) is 6. The zero-order valence-corrected chi connectivity index (χ0v) is 16.9. The number of halogens is 3. The van der Waals surface area contributed by atoms with Gasteiger partial charge in [0.2, 0.25) is 11.9 Å².